The number of hydrogen-bond acceptors (Lipinski definition) is 4. The number of hydrogen-bond donors (Lipinski definition) is 0. The first-order valence-corrected chi connectivity index (χ1v) is 21.0. The van der Waals surface area contributed by atoms with Crippen LogP contribution in [0.5, 0.6) is 0 Å². The molecular formula is C53H33NOS2. The fourth-order valence-electron chi connectivity index (χ4n) is 9.11. The van der Waals surface area contributed by atoms with Gasteiger partial charge in [-0.2, -0.15) is 0 Å². The molecule has 3 aromatic heterocycles. The third-order valence-corrected chi connectivity index (χ3v) is 13.8. The zero-order valence-corrected chi connectivity index (χ0v) is 32.4. The van der Waals surface area contributed by atoms with Crippen LogP contribution in [0.3, 0.4) is 0 Å². The van der Waals surface area contributed by atoms with Gasteiger partial charge < -0.3 is 9.32 Å². The minimum absolute atomic E-state index is 0.157. The maximum atomic E-state index is 7.23. The zero-order chi connectivity index (χ0) is 37.5. The standard InChI is InChI=1S/C53H33NOS2/c1-3-15-34(16-4-1)49(35-26-28-39-38-20-9-11-23-45(38)57-48(39)32-35)52-43(30-29-41-50-37-19-8-7-14-33(37)27-31-44(50)55-53(41)52)54(36-17-5-2-6-18-36)42-22-13-25-47-51(42)40-21-10-12-24-46(40)56-47/h1-32,49H. The molecule has 12 aromatic rings. The number of thiophene rings is 2. The summed E-state index contributed by atoms with van der Waals surface area (Å²) in [5.41, 5.74) is 8.71. The normalized spacial score (nSPS) is 12.5. The average Bonchev–Trinajstić information content (AvgIpc) is 3.97. The molecule has 9 aromatic carbocycles. The van der Waals surface area contributed by atoms with Crippen LogP contribution in [0.2, 0.25) is 0 Å². The van der Waals surface area contributed by atoms with Crippen molar-refractivity contribution in [1.82, 2.24) is 0 Å². The Kier molecular flexibility index (Phi) is 7.37. The van der Waals surface area contributed by atoms with Gasteiger partial charge in [-0.3, -0.25) is 0 Å². The fourth-order valence-corrected chi connectivity index (χ4v) is 11.4. The number of benzene rings is 9. The highest BCUT2D eigenvalue weighted by Gasteiger charge is 2.31. The van der Waals surface area contributed by atoms with Crippen molar-refractivity contribution in [3.8, 4) is 0 Å². The molecule has 1 unspecified atom stereocenters. The molecule has 0 fully saturated rings. The average molecular weight is 764 g/mol. The quantitative estimate of drug-likeness (QED) is 0.157. The first kappa shape index (κ1) is 32.5. The van der Waals surface area contributed by atoms with Crippen molar-refractivity contribution < 1.29 is 4.42 Å². The molecule has 2 nitrogen and oxygen atoms in total. The minimum atomic E-state index is -0.157. The molecule has 12 rings (SSSR count). The topological polar surface area (TPSA) is 16.4 Å². The third kappa shape index (κ3) is 5.08. The zero-order valence-electron chi connectivity index (χ0n) is 30.7. The van der Waals surface area contributed by atoms with Gasteiger partial charge in [-0.15, -0.1) is 22.7 Å². The van der Waals surface area contributed by atoms with E-state index in [0.717, 1.165) is 44.6 Å². The highest BCUT2D eigenvalue weighted by molar-refractivity contribution is 7.26. The molecule has 0 spiro atoms. The highest BCUT2D eigenvalue weighted by atomic mass is 32.1. The van der Waals surface area contributed by atoms with Gasteiger partial charge in [0.25, 0.3) is 0 Å². The van der Waals surface area contributed by atoms with Gasteiger partial charge in [-0.05, 0) is 82.6 Å². The van der Waals surface area contributed by atoms with E-state index < -0.39 is 0 Å². The first-order valence-electron chi connectivity index (χ1n) is 19.4. The Balaban J connectivity index is 1.23. The monoisotopic (exact) mass is 763 g/mol. The molecule has 0 amide bonds. The van der Waals surface area contributed by atoms with Crippen molar-refractivity contribution in [3.05, 3.63) is 211 Å². The van der Waals surface area contributed by atoms with Crippen LogP contribution in [0, 0.1) is 0 Å². The lowest BCUT2D eigenvalue weighted by Crippen LogP contribution is -2.15. The molecule has 3 heterocycles. The van der Waals surface area contributed by atoms with Gasteiger partial charge in [0, 0.05) is 68.3 Å². The van der Waals surface area contributed by atoms with Crippen molar-refractivity contribution in [2.24, 2.45) is 0 Å². The summed E-state index contributed by atoms with van der Waals surface area (Å²) in [4.78, 5) is 2.48. The summed E-state index contributed by atoms with van der Waals surface area (Å²) in [5, 5.41) is 9.80. The van der Waals surface area contributed by atoms with E-state index in [1.165, 1.54) is 62.2 Å². The molecule has 0 radical (unpaired) electrons. The predicted octanol–water partition coefficient (Wildman–Crippen LogP) is 16.1. The van der Waals surface area contributed by atoms with Gasteiger partial charge in [0.05, 0.1) is 11.4 Å². The molecule has 57 heavy (non-hydrogen) atoms. The summed E-state index contributed by atoms with van der Waals surface area (Å²) in [5.74, 6) is -0.157. The van der Waals surface area contributed by atoms with Crippen LogP contribution in [-0.2, 0) is 0 Å². The molecule has 0 saturated heterocycles. The Morgan fingerprint density at radius 1 is 0.404 bits per heavy atom. The van der Waals surface area contributed by atoms with Gasteiger partial charge in [0.15, 0.2) is 0 Å². The summed E-state index contributed by atoms with van der Waals surface area (Å²) in [7, 11) is 0. The Hall–Kier alpha value is -6.72. The molecule has 4 heteroatoms. The van der Waals surface area contributed by atoms with Gasteiger partial charge in [-0.1, -0.05) is 133 Å². The molecule has 0 N–H and O–H groups in total. The van der Waals surface area contributed by atoms with E-state index in [1.807, 2.05) is 22.7 Å². The molecule has 0 aliphatic carbocycles. The maximum Gasteiger partial charge on any atom is 0.141 e. The van der Waals surface area contributed by atoms with Crippen LogP contribution < -0.4 is 4.90 Å². The molecule has 0 aliphatic rings. The number of fused-ring (bicyclic) bond motifs is 11. The summed E-state index contributed by atoms with van der Waals surface area (Å²) in [6.07, 6.45) is 0. The van der Waals surface area contributed by atoms with E-state index in [0.29, 0.717) is 0 Å². The second-order valence-corrected chi connectivity index (χ2v) is 16.9. The molecule has 268 valence electrons. The van der Waals surface area contributed by atoms with Crippen LogP contribution >= 0.6 is 22.7 Å². The van der Waals surface area contributed by atoms with Crippen LogP contribution in [0.1, 0.15) is 22.6 Å². The lowest BCUT2D eigenvalue weighted by atomic mass is 9.82. The van der Waals surface area contributed by atoms with E-state index >= 15 is 0 Å². The second kappa shape index (κ2) is 12.9. The summed E-state index contributed by atoms with van der Waals surface area (Å²) < 4.78 is 12.4. The lowest BCUT2D eigenvalue weighted by Gasteiger charge is -2.31. The van der Waals surface area contributed by atoms with Crippen LogP contribution in [0.15, 0.2) is 199 Å². The van der Waals surface area contributed by atoms with E-state index in [9.17, 15) is 0 Å². The molecule has 1 atom stereocenters. The Bertz CT molecular complexity index is 3490. The number of anilines is 3. The van der Waals surface area contributed by atoms with E-state index in [2.05, 4.69) is 199 Å². The van der Waals surface area contributed by atoms with Gasteiger partial charge in [-0.25, -0.2) is 0 Å². The SMILES string of the molecule is c1ccc(C(c2ccc3c(c2)sc2ccccc23)c2c(N(c3ccccc3)c3cccc4sc5ccccc5c34)ccc3c2oc2ccc4ccccc4c23)cc1. The molecule has 0 bridgehead atoms. The minimum Gasteiger partial charge on any atom is -0.456 e. The van der Waals surface area contributed by atoms with Crippen LogP contribution in [0.4, 0.5) is 17.1 Å². The van der Waals surface area contributed by atoms with Crippen molar-refractivity contribution in [1.29, 1.82) is 0 Å². The van der Waals surface area contributed by atoms with Gasteiger partial charge >= 0.3 is 0 Å². The lowest BCUT2D eigenvalue weighted by molar-refractivity contribution is 0.661. The van der Waals surface area contributed by atoms with Crippen molar-refractivity contribution in [2.45, 2.75) is 5.92 Å². The number of furan rings is 1. The summed E-state index contributed by atoms with van der Waals surface area (Å²) >= 11 is 3.72. The fraction of sp³-hybridized carbons (Fsp3) is 0.0189. The number of para-hydroxylation sites is 1. The van der Waals surface area contributed by atoms with E-state index in [4.69, 9.17) is 4.42 Å². The Labute approximate surface area is 337 Å². The maximum absolute atomic E-state index is 7.23. The van der Waals surface area contributed by atoms with E-state index in [1.54, 1.807) is 0 Å². The second-order valence-electron chi connectivity index (χ2n) is 14.8. The Morgan fingerprint density at radius 2 is 1.05 bits per heavy atom. The number of rotatable bonds is 6. The van der Waals surface area contributed by atoms with Crippen LogP contribution in [-0.4, -0.2) is 0 Å². The van der Waals surface area contributed by atoms with Gasteiger partial charge in [0.1, 0.15) is 11.2 Å². The predicted molar refractivity (Wildman–Crippen MR) is 246 cm³/mol. The molecular weight excluding hydrogens is 731 g/mol. The van der Waals surface area contributed by atoms with Crippen molar-refractivity contribution in [3.63, 3.8) is 0 Å². The first-order chi connectivity index (χ1) is 28.3. The van der Waals surface area contributed by atoms with Crippen molar-refractivity contribution >= 4 is 113 Å². The van der Waals surface area contributed by atoms with Gasteiger partial charge in [0.2, 0.25) is 0 Å². The third-order valence-electron chi connectivity index (χ3n) is 11.6. The van der Waals surface area contributed by atoms with E-state index in [-0.39, 0.29) is 5.92 Å². The van der Waals surface area contributed by atoms with Crippen LogP contribution in [0.25, 0.3) is 73.1 Å². The smallest absolute Gasteiger partial charge is 0.141 e. The Morgan fingerprint density at radius 3 is 1.89 bits per heavy atom. The number of nitrogens with zero attached hydrogens (tertiary/aromatic N) is 1. The summed E-state index contributed by atoms with van der Waals surface area (Å²) in [6, 6.07) is 70.9. The highest BCUT2D eigenvalue weighted by Crippen LogP contribution is 2.52. The van der Waals surface area contributed by atoms with Crippen molar-refractivity contribution in [2.75, 3.05) is 4.90 Å². The molecule has 0 aliphatic heterocycles. The largest absolute Gasteiger partial charge is 0.456 e. The summed E-state index contributed by atoms with van der Waals surface area (Å²) in [6.45, 7) is 0. The molecule has 0 saturated carbocycles.